The number of likely N-dealkylation sites (tertiary alicyclic amines) is 1. The monoisotopic (exact) mass is 449 g/mol. The predicted molar refractivity (Wildman–Crippen MR) is 128 cm³/mol. The first-order valence-electron chi connectivity index (χ1n) is 11.3. The van der Waals surface area contributed by atoms with E-state index in [2.05, 4.69) is 40.1 Å². The third-order valence-electron chi connectivity index (χ3n) is 6.72. The summed E-state index contributed by atoms with van der Waals surface area (Å²) < 4.78 is 14.0. The zero-order valence-electron chi connectivity index (χ0n) is 18.1. The first-order valence-corrected chi connectivity index (χ1v) is 12.2. The van der Waals surface area contributed by atoms with Crippen LogP contribution in [0.1, 0.15) is 21.2 Å². The van der Waals surface area contributed by atoms with Crippen molar-refractivity contribution < 1.29 is 9.18 Å². The second-order valence-corrected chi connectivity index (χ2v) is 9.68. The summed E-state index contributed by atoms with van der Waals surface area (Å²) in [5.41, 5.74) is 2.28. The van der Waals surface area contributed by atoms with Crippen LogP contribution in [-0.4, -0.2) is 61.5 Å². The van der Waals surface area contributed by atoms with Crippen molar-refractivity contribution >= 4 is 22.9 Å². The van der Waals surface area contributed by atoms with E-state index in [9.17, 15) is 9.18 Å². The molecule has 166 valence electrons. The molecule has 32 heavy (non-hydrogen) atoms. The third kappa shape index (κ3) is 4.57. The number of amides is 1. The number of hydrogen-bond donors (Lipinski definition) is 0. The van der Waals surface area contributed by atoms with Crippen molar-refractivity contribution in [3.05, 3.63) is 88.4 Å². The lowest BCUT2D eigenvalue weighted by Crippen LogP contribution is -2.48. The second kappa shape index (κ2) is 9.43. The number of halogens is 1. The molecule has 0 spiro atoms. The minimum Gasteiger partial charge on any atom is -0.369 e. The molecule has 2 aliphatic heterocycles. The van der Waals surface area contributed by atoms with Gasteiger partial charge < -0.3 is 9.80 Å². The number of thiophene rings is 1. The van der Waals surface area contributed by atoms with Crippen LogP contribution < -0.4 is 4.90 Å². The van der Waals surface area contributed by atoms with Gasteiger partial charge in [-0.1, -0.05) is 36.4 Å². The first-order chi connectivity index (χ1) is 15.7. The smallest absolute Gasteiger partial charge is 0.263 e. The van der Waals surface area contributed by atoms with Crippen LogP contribution in [0.15, 0.2) is 72.1 Å². The molecule has 0 N–H and O–H groups in total. The Morgan fingerprint density at radius 1 is 0.938 bits per heavy atom. The second-order valence-electron chi connectivity index (χ2n) is 8.73. The molecular weight excluding hydrogens is 421 g/mol. The molecule has 2 atom stereocenters. The summed E-state index contributed by atoms with van der Waals surface area (Å²) in [6, 6.07) is 21.3. The molecule has 0 radical (unpaired) electrons. The standard InChI is InChI=1S/C26H28FN3OS/c27-22-7-4-6-20(16-22)24-19-30(26(31)25-10-5-15-32-25)18-21(24)17-28-11-13-29(14-12-28)23-8-2-1-3-9-23/h1-10,15-16,21,24H,11-14,17-19H2/t21-,24+/m1/s1. The largest absolute Gasteiger partial charge is 0.369 e. The van der Waals surface area contributed by atoms with E-state index in [-0.39, 0.29) is 17.6 Å². The lowest BCUT2D eigenvalue weighted by molar-refractivity contribution is 0.0787. The molecule has 6 heteroatoms. The van der Waals surface area contributed by atoms with E-state index < -0.39 is 0 Å². The van der Waals surface area contributed by atoms with Crippen molar-refractivity contribution in [1.29, 1.82) is 0 Å². The number of carbonyl (C=O) groups is 1. The normalized spacial score (nSPS) is 21.8. The maximum Gasteiger partial charge on any atom is 0.263 e. The van der Waals surface area contributed by atoms with E-state index in [0.717, 1.165) is 49.7 Å². The highest BCUT2D eigenvalue weighted by molar-refractivity contribution is 7.12. The van der Waals surface area contributed by atoms with Crippen molar-refractivity contribution in [2.75, 3.05) is 50.7 Å². The number of carbonyl (C=O) groups excluding carboxylic acids is 1. The molecule has 2 aliphatic rings. The van der Waals surface area contributed by atoms with Gasteiger partial charge in [-0.2, -0.15) is 0 Å². The fourth-order valence-electron chi connectivity index (χ4n) is 5.05. The van der Waals surface area contributed by atoms with Gasteiger partial charge in [0.25, 0.3) is 5.91 Å². The Balaban J connectivity index is 1.28. The Labute approximate surface area is 192 Å². The Hall–Kier alpha value is -2.70. The minimum absolute atomic E-state index is 0.0952. The average molecular weight is 450 g/mol. The molecule has 0 saturated carbocycles. The Morgan fingerprint density at radius 2 is 1.75 bits per heavy atom. The number of anilines is 1. The number of para-hydroxylation sites is 1. The fraction of sp³-hybridized carbons (Fsp3) is 0.346. The van der Waals surface area contributed by atoms with Crippen LogP contribution in [0.3, 0.4) is 0 Å². The van der Waals surface area contributed by atoms with Crippen LogP contribution in [0.25, 0.3) is 0 Å². The summed E-state index contributed by atoms with van der Waals surface area (Å²) in [6.45, 7) is 6.29. The molecule has 4 nitrogen and oxygen atoms in total. The Kier molecular flexibility index (Phi) is 6.23. The number of piperazine rings is 1. The molecule has 0 aliphatic carbocycles. The molecule has 2 fully saturated rings. The zero-order chi connectivity index (χ0) is 21.9. The topological polar surface area (TPSA) is 26.8 Å². The van der Waals surface area contributed by atoms with E-state index in [1.807, 2.05) is 28.5 Å². The third-order valence-corrected chi connectivity index (χ3v) is 7.58. The van der Waals surface area contributed by atoms with E-state index in [0.29, 0.717) is 12.5 Å². The molecule has 1 amide bonds. The van der Waals surface area contributed by atoms with Crippen molar-refractivity contribution in [3.8, 4) is 0 Å². The van der Waals surface area contributed by atoms with Crippen molar-refractivity contribution in [3.63, 3.8) is 0 Å². The molecule has 5 rings (SSSR count). The van der Waals surface area contributed by atoms with Gasteiger partial charge in [0, 0.05) is 57.4 Å². The fourth-order valence-corrected chi connectivity index (χ4v) is 5.74. The SMILES string of the molecule is O=C(c1cccs1)N1C[C@@H](CN2CCN(c3ccccc3)CC2)[C@H](c2cccc(F)c2)C1. The summed E-state index contributed by atoms with van der Waals surface area (Å²) in [7, 11) is 0. The average Bonchev–Trinajstić information content (AvgIpc) is 3.50. The maximum atomic E-state index is 14.0. The van der Waals surface area contributed by atoms with Crippen LogP contribution in [0.2, 0.25) is 0 Å². The van der Waals surface area contributed by atoms with E-state index in [4.69, 9.17) is 0 Å². The van der Waals surface area contributed by atoms with Crippen LogP contribution in [0.4, 0.5) is 10.1 Å². The molecule has 0 unspecified atom stereocenters. The molecule has 2 saturated heterocycles. The molecule has 2 aromatic carbocycles. The Bertz CT molecular complexity index is 1030. The zero-order valence-corrected chi connectivity index (χ0v) is 18.9. The number of hydrogen-bond acceptors (Lipinski definition) is 4. The van der Waals surface area contributed by atoms with Gasteiger partial charge in [0.05, 0.1) is 4.88 Å². The molecule has 0 bridgehead atoms. The van der Waals surface area contributed by atoms with Crippen LogP contribution in [0.5, 0.6) is 0 Å². The maximum absolute atomic E-state index is 14.0. The number of benzene rings is 2. The van der Waals surface area contributed by atoms with Gasteiger partial charge in [0.2, 0.25) is 0 Å². The number of rotatable bonds is 5. The molecule has 3 heterocycles. The minimum atomic E-state index is -0.208. The molecule has 3 aromatic rings. The van der Waals surface area contributed by atoms with Gasteiger partial charge in [-0.05, 0) is 47.2 Å². The van der Waals surface area contributed by atoms with Crippen molar-refractivity contribution in [2.24, 2.45) is 5.92 Å². The summed E-state index contributed by atoms with van der Waals surface area (Å²) >= 11 is 1.49. The van der Waals surface area contributed by atoms with Crippen molar-refractivity contribution in [1.82, 2.24) is 9.80 Å². The summed E-state index contributed by atoms with van der Waals surface area (Å²) in [5, 5.41) is 1.94. The van der Waals surface area contributed by atoms with Gasteiger partial charge in [0.15, 0.2) is 0 Å². The van der Waals surface area contributed by atoms with Crippen molar-refractivity contribution in [2.45, 2.75) is 5.92 Å². The lowest BCUT2D eigenvalue weighted by atomic mass is 9.88. The van der Waals surface area contributed by atoms with E-state index in [1.165, 1.54) is 23.1 Å². The van der Waals surface area contributed by atoms with E-state index >= 15 is 0 Å². The highest BCUT2D eigenvalue weighted by Crippen LogP contribution is 2.35. The van der Waals surface area contributed by atoms with Gasteiger partial charge in [0.1, 0.15) is 5.82 Å². The van der Waals surface area contributed by atoms with Crippen LogP contribution in [0, 0.1) is 11.7 Å². The number of nitrogens with zero attached hydrogens (tertiary/aromatic N) is 3. The predicted octanol–water partition coefficient (Wildman–Crippen LogP) is 4.57. The Morgan fingerprint density at radius 3 is 2.47 bits per heavy atom. The van der Waals surface area contributed by atoms with Gasteiger partial charge in [-0.15, -0.1) is 11.3 Å². The molecule has 1 aromatic heterocycles. The van der Waals surface area contributed by atoms with Gasteiger partial charge in [-0.25, -0.2) is 4.39 Å². The van der Waals surface area contributed by atoms with E-state index in [1.54, 1.807) is 12.1 Å². The van der Waals surface area contributed by atoms with Crippen LogP contribution in [-0.2, 0) is 0 Å². The summed E-state index contributed by atoms with van der Waals surface area (Å²) in [6.07, 6.45) is 0. The summed E-state index contributed by atoms with van der Waals surface area (Å²) in [5.74, 6) is 0.337. The highest BCUT2D eigenvalue weighted by atomic mass is 32.1. The lowest BCUT2D eigenvalue weighted by Gasteiger charge is -2.37. The first kappa shape index (κ1) is 21.2. The van der Waals surface area contributed by atoms with Gasteiger partial charge in [-0.3, -0.25) is 9.69 Å². The summed E-state index contributed by atoms with van der Waals surface area (Å²) in [4.78, 5) is 20.7. The van der Waals surface area contributed by atoms with Crippen LogP contribution >= 0.6 is 11.3 Å². The highest BCUT2D eigenvalue weighted by Gasteiger charge is 2.38. The molecular formula is C26H28FN3OS. The quantitative estimate of drug-likeness (QED) is 0.571. The van der Waals surface area contributed by atoms with Gasteiger partial charge >= 0.3 is 0 Å².